The minimum Gasteiger partial charge on any atom is -0.464 e. The summed E-state index contributed by atoms with van der Waals surface area (Å²) in [6.45, 7) is 0.181. The summed E-state index contributed by atoms with van der Waals surface area (Å²) in [6.07, 6.45) is 6.51. The maximum absolute atomic E-state index is 12.6. The van der Waals surface area contributed by atoms with E-state index in [-0.39, 0.29) is 36.0 Å². The van der Waals surface area contributed by atoms with Crippen molar-refractivity contribution in [1.29, 1.82) is 0 Å². The molecule has 0 bridgehead atoms. The zero-order chi connectivity index (χ0) is 24.5. The van der Waals surface area contributed by atoms with Crippen LogP contribution in [0.1, 0.15) is 28.7 Å². The number of aryl methyl sites for hydroxylation is 2. The molecule has 5 rings (SSSR count). The molecule has 1 saturated heterocycles. The Bertz CT molecular complexity index is 1390. The second-order valence-corrected chi connectivity index (χ2v) is 9.43. The lowest BCUT2D eigenvalue weighted by Gasteiger charge is -2.13. The van der Waals surface area contributed by atoms with Gasteiger partial charge in [-0.1, -0.05) is 0 Å². The van der Waals surface area contributed by atoms with Gasteiger partial charge in [-0.2, -0.15) is 0 Å². The van der Waals surface area contributed by atoms with Gasteiger partial charge < -0.3 is 9.73 Å². The third-order valence-electron chi connectivity index (χ3n) is 6.15. The van der Waals surface area contributed by atoms with Gasteiger partial charge in [0.15, 0.2) is 0 Å². The van der Waals surface area contributed by atoms with Crippen LogP contribution in [0.2, 0.25) is 0 Å². The number of carbonyl (C=O) groups is 3. The highest BCUT2D eigenvalue weighted by molar-refractivity contribution is 8.18. The van der Waals surface area contributed by atoms with Crippen molar-refractivity contribution in [3.63, 3.8) is 0 Å². The highest BCUT2D eigenvalue weighted by Gasteiger charge is 2.34. The predicted octanol–water partition coefficient (Wildman–Crippen LogP) is 4.22. The molecule has 0 saturated carbocycles. The molecule has 0 unspecified atom stereocenters. The Hall–Kier alpha value is -3.92. The van der Waals surface area contributed by atoms with E-state index in [1.807, 2.05) is 0 Å². The summed E-state index contributed by atoms with van der Waals surface area (Å²) in [5.41, 5.74) is 4.73. The van der Waals surface area contributed by atoms with Crippen LogP contribution in [0.5, 0.6) is 0 Å². The summed E-state index contributed by atoms with van der Waals surface area (Å²) in [4.78, 5) is 49.0. The first-order chi connectivity index (χ1) is 16.9. The van der Waals surface area contributed by atoms with Crippen molar-refractivity contribution in [2.45, 2.75) is 25.7 Å². The van der Waals surface area contributed by atoms with Crippen molar-refractivity contribution in [2.75, 3.05) is 13.1 Å². The molecule has 0 radical (unpaired) electrons. The van der Waals surface area contributed by atoms with Gasteiger partial charge in [-0.3, -0.25) is 29.4 Å². The van der Waals surface area contributed by atoms with Crippen LogP contribution < -0.4 is 5.32 Å². The molecule has 2 aliphatic rings. The van der Waals surface area contributed by atoms with Gasteiger partial charge in [-0.15, -0.1) is 0 Å². The molecule has 1 aliphatic heterocycles. The second-order valence-electron chi connectivity index (χ2n) is 8.44. The van der Waals surface area contributed by atoms with Gasteiger partial charge >= 0.3 is 0 Å². The number of benzene rings is 2. The van der Waals surface area contributed by atoms with Crippen LogP contribution in [0.15, 0.2) is 52.0 Å². The normalized spacial score (nSPS) is 16.3. The average Bonchev–Trinajstić information content (AvgIpc) is 3.52. The third-order valence-corrected chi connectivity index (χ3v) is 7.06. The van der Waals surface area contributed by atoms with E-state index in [0.29, 0.717) is 5.56 Å². The summed E-state index contributed by atoms with van der Waals surface area (Å²) in [5.74, 6) is -0.677. The fraction of sp³-hybridized carbons (Fsp3) is 0.240. The summed E-state index contributed by atoms with van der Waals surface area (Å²) < 4.78 is 5.65. The van der Waals surface area contributed by atoms with Gasteiger partial charge in [0.25, 0.3) is 16.8 Å². The van der Waals surface area contributed by atoms with E-state index in [0.717, 1.165) is 52.5 Å². The number of nitrogens with one attached hydrogen (secondary N) is 1. The predicted molar refractivity (Wildman–Crippen MR) is 131 cm³/mol. The molecular formula is C25H21N3O6S. The van der Waals surface area contributed by atoms with Crippen LogP contribution in [-0.2, 0) is 28.9 Å². The SMILES string of the molecule is O=C(Cc1coc2cc3c(cc12)CCC3)NCCN1C(=O)S/C(=C/c2ccc([N+](=O)[O-])cc2)C1=O. The number of hydrogen-bond donors (Lipinski definition) is 1. The number of nitro benzene ring substituents is 1. The molecule has 10 heteroatoms. The lowest BCUT2D eigenvalue weighted by molar-refractivity contribution is -0.384. The van der Waals surface area contributed by atoms with E-state index in [1.165, 1.54) is 41.5 Å². The van der Waals surface area contributed by atoms with Crippen LogP contribution in [0.4, 0.5) is 10.5 Å². The maximum atomic E-state index is 12.6. The van der Waals surface area contributed by atoms with Crippen LogP contribution in [0.25, 0.3) is 17.0 Å². The Balaban J connectivity index is 1.17. The zero-order valence-corrected chi connectivity index (χ0v) is 19.4. The van der Waals surface area contributed by atoms with Gasteiger partial charge in [0.1, 0.15) is 5.58 Å². The number of thioether (sulfide) groups is 1. The molecule has 3 aromatic rings. The van der Waals surface area contributed by atoms with E-state index < -0.39 is 16.1 Å². The fourth-order valence-electron chi connectivity index (χ4n) is 4.36. The van der Waals surface area contributed by atoms with Crippen LogP contribution in [0, 0.1) is 10.1 Å². The molecule has 1 fully saturated rings. The average molecular weight is 492 g/mol. The summed E-state index contributed by atoms with van der Waals surface area (Å²) >= 11 is 0.800. The molecule has 1 aromatic heterocycles. The summed E-state index contributed by atoms with van der Waals surface area (Å²) in [5, 5.41) is 14.1. The minimum atomic E-state index is -0.507. The van der Waals surface area contributed by atoms with Gasteiger partial charge in [0, 0.05) is 36.2 Å². The maximum Gasteiger partial charge on any atom is 0.293 e. The Morgan fingerprint density at radius 2 is 1.91 bits per heavy atom. The van der Waals surface area contributed by atoms with Gasteiger partial charge in [-0.25, -0.2) is 0 Å². The van der Waals surface area contributed by atoms with E-state index in [1.54, 1.807) is 6.26 Å². The first-order valence-electron chi connectivity index (χ1n) is 11.2. The number of carbonyl (C=O) groups excluding carboxylic acids is 3. The first-order valence-corrected chi connectivity index (χ1v) is 12.0. The number of imide groups is 1. The number of nitro groups is 1. The molecule has 9 nitrogen and oxygen atoms in total. The number of fused-ring (bicyclic) bond motifs is 2. The zero-order valence-electron chi connectivity index (χ0n) is 18.6. The Labute approximate surface area is 204 Å². The Morgan fingerprint density at radius 3 is 2.66 bits per heavy atom. The summed E-state index contributed by atoms with van der Waals surface area (Å²) in [6, 6.07) is 9.87. The van der Waals surface area contributed by atoms with Crippen molar-refractivity contribution in [1.82, 2.24) is 10.2 Å². The smallest absolute Gasteiger partial charge is 0.293 e. The van der Waals surface area contributed by atoms with Crippen LogP contribution in [0.3, 0.4) is 0 Å². The van der Waals surface area contributed by atoms with Crippen molar-refractivity contribution in [3.05, 3.63) is 79.9 Å². The number of amides is 3. The van der Waals surface area contributed by atoms with Crippen molar-refractivity contribution < 1.29 is 23.7 Å². The van der Waals surface area contributed by atoms with E-state index in [9.17, 15) is 24.5 Å². The minimum absolute atomic E-state index is 0.0493. The third kappa shape index (κ3) is 4.69. The first kappa shape index (κ1) is 22.9. The molecule has 0 spiro atoms. The van der Waals surface area contributed by atoms with Crippen molar-refractivity contribution in [3.8, 4) is 0 Å². The van der Waals surface area contributed by atoms with Crippen molar-refractivity contribution in [2.24, 2.45) is 0 Å². The number of furan rings is 1. The Kier molecular flexibility index (Phi) is 6.12. The number of non-ortho nitro benzene ring substituents is 1. The molecule has 0 atom stereocenters. The highest BCUT2D eigenvalue weighted by atomic mass is 32.2. The van der Waals surface area contributed by atoms with Crippen LogP contribution >= 0.6 is 11.8 Å². The number of nitrogens with zero attached hydrogens (tertiary/aromatic N) is 2. The second kappa shape index (κ2) is 9.38. The molecule has 3 amide bonds. The molecule has 2 heterocycles. The topological polar surface area (TPSA) is 123 Å². The molecule has 1 aliphatic carbocycles. The van der Waals surface area contributed by atoms with E-state index in [2.05, 4.69) is 17.4 Å². The molecule has 178 valence electrons. The largest absolute Gasteiger partial charge is 0.464 e. The molecule has 35 heavy (non-hydrogen) atoms. The van der Waals surface area contributed by atoms with Gasteiger partial charge in [0.2, 0.25) is 5.91 Å². The highest BCUT2D eigenvalue weighted by Crippen LogP contribution is 2.32. The van der Waals surface area contributed by atoms with Gasteiger partial charge in [-0.05, 0) is 78.1 Å². The number of rotatable bonds is 7. The molecule has 1 N–H and O–H groups in total. The monoisotopic (exact) mass is 491 g/mol. The fourth-order valence-corrected chi connectivity index (χ4v) is 5.23. The molecule has 2 aromatic carbocycles. The van der Waals surface area contributed by atoms with E-state index >= 15 is 0 Å². The lowest BCUT2D eigenvalue weighted by Crippen LogP contribution is -2.37. The Morgan fingerprint density at radius 1 is 1.17 bits per heavy atom. The van der Waals surface area contributed by atoms with Crippen molar-refractivity contribution >= 4 is 51.5 Å². The molecular weight excluding hydrogens is 470 g/mol. The quantitative estimate of drug-likeness (QED) is 0.298. The van der Waals surface area contributed by atoms with Crippen LogP contribution in [-0.4, -0.2) is 40.0 Å². The van der Waals surface area contributed by atoms with Gasteiger partial charge in [0.05, 0.1) is 22.5 Å². The lowest BCUT2D eigenvalue weighted by atomic mass is 10.0. The number of hydrogen-bond acceptors (Lipinski definition) is 7. The summed E-state index contributed by atoms with van der Waals surface area (Å²) in [7, 11) is 0. The van der Waals surface area contributed by atoms with E-state index in [4.69, 9.17) is 4.42 Å². The standard InChI is InChI=1S/C25H21N3O6S/c29-23(13-18-14-34-21-12-17-3-1-2-16(17)11-20(18)21)26-8-9-27-24(30)22(35-25(27)31)10-15-4-6-19(7-5-15)28(32)33/h4-7,10-12,14H,1-3,8-9,13H2,(H,26,29)/b22-10+.